The Morgan fingerprint density at radius 1 is 1.06 bits per heavy atom. The van der Waals surface area contributed by atoms with E-state index in [4.69, 9.17) is 11.6 Å². The van der Waals surface area contributed by atoms with Crippen molar-refractivity contribution in [2.75, 3.05) is 6.54 Å². The van der Waals surface area contributed by atoms with Crippen LogP contribution in [0.15, 0.2) is 36.4 Å². The summed E-state index contributed by atoms with van der Waals surface area (Å²) < 4.78 is 67.0. The minimum atomic E-state index is -4.58. The van der Waals surface area contributed by atoms with Gasteiger partial charge in [-0.15, -0.1) is 11.3 Å². The van der Waals surface area contributed by atoms with Crippen molar-refractivity contribution in [2.45, 2.75) is 106 Å². The number of hydrogen-bond acceptors (Lipinski definition) is 8. The Bertz CT molecular complexity index is 1900. The minimum absolute atomic E-state index is 0.0908. The molecule has 0 unspecified atom stereocenters. The van der Waals surface area contributed by atoms with Crippen LogP contribution in [0.2, 0.25) is 5.02 Å². The number of fused-ring (bicyclic) bond motifs is 3. The summed E-state index contributed by atoms with van der Waals surface area (Å²) in [6.45, 7) is -0.196. The van der Waals surface area contributed by atoms with Crippen molar-refractivity contribution in [2.24, 2.45) is 5.92 Å². The average Bonchev–Trinajstić information content (AvgIpc) is 3.99. The number of alkyl halides is 3. The number of sulfonamides is 1. The van der Waals surface area contributed by atoms with Gasteiger partial charge in [-0.25, -0.2) is 8.42 Å². The molecule has 6 rings (SSSR count). The van der Waals surface area contributed by atoms with Crippen LogP contribution < -0.4 is 20.7 Å². The summed E-state index contributed by atoms with van der Waals surface area (Å²) in [5.74, 6) is -4.44. The second kappa shape index (κ2) is 15.0. The molecule has 4 aliphatic rings. The first kappa shape index (κ1) is 38.0. The lowest BCUT2D eigenvalue weighted by Crippen LogP contribution is -2.58. The van der Waals surface area contributed by atoms with Crippen molar-refractivity contribution in [1.82, 2.24) is 25.6 Å². The molecular formula is C34H39ClF3N5O7S2. The Morgan fingerprint density at radius 2 is 1.81 bits per heavy atom. The zero-order chi connectivity index (χ0) is 37.4. The average molecular weight is 786 g/mol. The minimum Gasteiger partial charge on any atom is -0.347 e. The molecule has 282 valence electrons. The monoisotopic (exact) mass is 785 g/mol. The SMILES string of the molecule is O=C(CCC(F)(F)F)N[C@H]1CCCCCC=C[C@@H]2C[C@@]2(C(=O)NS(=O)(=O)C2CC2)NC(=O)[C@@H]2C[C@@H](NC(=O)c3sc4ccccc4c3Cl)CN2C1=O. The molecule has 1 saturated heterocycles. The molecule has 1 aromatic carbocycles. The van der Waals surface area contributed by atoms with Gasteiger partial charge in [0.05, 0.1) is 16.7 Å². The van der Waals surface area contributed by atoms with Gasteiger partial charge in [0.15, 0.2) is 0 Å². The first-order chi connectivity index (χ1) is 24.6. The zero-order valence-electron chi connectivity index (χ0n) is 28.0. The summed E-state index contributed by atoms with van der Waals surface area (Å²) in [6.07, 6.45) is -0.0291. The fourth-order valence-corrected chi connectivity index (χ4v) is 9.62. The lowest BCUT2D eigenvalue weighted by molar-refractivity contribution is -0.146. The molecule has 0 spiro atoms. The van der Waals surface area contributed by atoms with Gasteiger partial charge in [0, 0.05) is 35.0 Å². The number of benzene rings is 1. The van der Waals surface area contributed by atoms with Crippen molar-refractivity contribution < 1.29 is 45.6 Å². The molecule has 52 heavy (non-hydrogen) atoms. The van der Waals surface area contributed by atoms with Crippen LogP contribution in [0.5, 0.6) is 0 Å². The Balaban J connectivity index is 1.27. The molecule has 5 atom stereocenters. The van der Waals surface area contributed by atoms with E-state index in [-0.39, 0.29) is 35.7 Å². The van der Waals surface area contributed by atoms with Crippen molar-refractivity contribution in [3.8, 4) is 0 Å². The van der Waals surface area contributed by atoms with E-state index >= 15 is 0 Å². The number of amides is 5. The second-order valence-corrected chi connectivity index (χ2v) is 17.3. The number of carbonyl (C=O) groups excluding carboxylic acids is 5. The summed E-state index contributed by atoms with van der Waals surface area (Å²) in [6, 6.07) is 3.81. The van der Waals surface area contributed by atoms with Gasteiger partial charge in [-0.3, -0.25) is 28.7 Å². The molecule has 0 radical (unpaired) electrons. The molecule has 2 saturated carbocycles. The van der Waals surface area contributed by atoms with E-state index in [2.05, 4.69) is 20.7 Å². The van der Waals surface area contributed by atoms with Gasteiger partial charge in [-0.1, -0.05) is 54.8 Å². The van der Waals surface area contributed by atoms with Crippen LogP contribution in [0.25, 0.3) is 10.1 Å². The smallest absolute Gasteiger partial charge is 0.347 e. The standard InChI is InChI=1S/C34H39ClF3N5O7S2/c35-27-22-9-6-7-11-25(22)51-28(27)30(46)39-20-16-24-29(45)41-33(32(48)42-52(49,50)21-12-13-21)17-19(33)8-4-2-1-3-5-10-23(31(47)43(24)18-20)40-26(44)14-15-34(36,37)38/h4,6-9,11,19-21,23-24H,1-3,5,10,12-18H2,(H,39,46)(H,40,44)(H,41,45)(H,42,48)/t19-,20-,23+,24+,33-/m1/s1. The van der Waals surface area contributed by atoms with Crippen molar-refractivity contribution in [1.29, 1.82) is 0 Å². The third kappa shape index (κ3) is 8.57. The van der Waals surface area contributed by atoms with Gasteiger partial charge < -0.3 is 20.9 Å². The third-order valence-corrected chi connectivity index (χ3v) is 13.4. The second-order valence-electron chi connectivity index (χ2n) is 13.9. The first-order valence-corrected chi connectivity index (χ1v) is 20.0. The first-order valence-electron chi connectivity index (χ1n) is 17.3. The Labute approximate surface area is 307 Å². The van der Waals surface area contributed by atoms with E-state index in [1.807, 2.05) is 12.1 Å². The lowest BCUT2D eigenvalue weighted by Gasteiger charge is -2.30. The summed E-state index contributed by atoms with van der Waals surface area (Å²) in [5, 5.41) is 8.24. The third-order valence-electron chi connectivity index (χ3n) is 9.93. The highest BCUT2D eigenvalue weighted by molar-refractivity contribution is 7.91. The zero-order valence-corrected chi connectivity index (χ0v) is 30.4. The number of thiophene rings is 1. The van der Waals surface area contributed by atoms with Gasteiger partial charge >= 0.3 is 6.18 Å². The summed E-state index contributed by atoms with van der Waals surface area (Å²) in [5.41, 5.74) is -1.61. The van der Waals surface area contributed by atoms with E-state index < -0.39 is 93.4 Å². The molecule has 2 aliphatic carbocycles. The highest BCUT2D eigenvalue weighted by atomic mass is 35.5. The maximum atomic E-state index is 14.2. The summed E-state index contributed by atoms with van der Waals surface area (Å²) >= 11 is 7.70. The number of carbonyl (C=O) groups is 5. The van der Waals surface area contributed by atoms with E-state index in [0.717, 1.165) is 4.70 Å². The molecule has 4 N–H and O–H groups in total. The molecule has 12 nitrogen and oxygen atoms in total. The molecule has 3 fully saturated rings. The van der Waals surface area contributed by atoms with Crippen molar-refractivity contribution in [3.63, 3.8) is 0 Å². The maximum Gasteiger partial charge on any atom is 0.389 e. The molecular weight excluding hydrogens is 747 g/mol. The highest BCUT2D eigenvalue weighted by Gasteiger charge is 2.62. The topological polar surface area (TPSA) is 171 Å². The van der Waals surface area contributed by atoms with Crippen LogP contribution in [0, 0.1) is 5.92 Å². The van der Waals surface area contributed by atoms with E-state index in [9.17, 15) is 45.6 Å². The van der Waals surface area contributed by atoms with Gasteiger partial charge in [-0.05, 0) is 51.0 Å². The van der Waals surface area contributed by atoms with Crippen molar-refractivity contribution >= 4 is 72.6 Å². The quantitative estimate of drug-likeness (QED) is 0.292. The molecule has 3 heterocycles. The van der Waals surface area contributed by atoms with E-state index in [1.54, 1.807) is 24.3 Å². The Morgan fingerprint density at radius 3 is 2.52 bits per heavy atom. The molecule has 18 heteroatoms. The predicted octanol–water partition coefficient (Wildman–Crippen LogP) is 4.08. The molecule has 2 aliphatic heterocycles. The normalized spacial score (nSPS) is 27.1. The van der Waals surface area contributed by atoms with Gasteiger partial charge in [0.2, 0.25) is 27.7 Å². The number of halogens is 4. The fourth-order valence-electron chi connectivity index (χ4n) is 6.84. The number of nitrogens with one attached hydrogen (secondary N) is 4. The van der Waals surface area contributed by atoms with E-state index in [0.29, 0.717) is 43.9 Å². The number of nitrogens with zero attached hydrogens (tertiary/aromatic N) is 1. The van der Waals surface area contributed by atoms with Crippen molar-refractivity contribution in [3.05, 3.63) is 46.3 Å². The molecule has 5 amide bonds. The fraction of sp³-hybridized carbons (Fsp3) is 0.559. The molecule has 2 aromatic rings. The molecule has 0 bridgehead atoms. The number of hydrogen-bond donors (Lipinski definition) is 4. The van der Waals surface area contributed by atoms with Crippen LogP contribution in [-0.4, -0.2) is 84.5 Å². The predicted molar refractivity (Wildman–Crippen MR) is 187 cm³/mol. The van der Waals surface area contributed by atoms with Crippen LogP contribution in [0.4, 0.5) is 13.2 Å². The van der Waals surface area contributed by atoms with E-state index in [1.165, 1.54) is 16.2 Å². The Hall–Kier alpha value is -3.70. The number of allylic oxidation sites excluding steroid dienone is 1. The largest absolute Gasteiger partial charge is 0.389 e. The number of rotatable bonds is 8. The van der Waals surface area contributed by atoms with Crippen LogP contribution in [0.1, 0.15) is 80.3 Å². The maximum absolute atomic E-state index is 14.2. The highest BCUT2D eigenvalue weighted by Crippen LogP contribution is 2.46. The lowest BCUT2D eigenvalue weighted by atomic mass is 10.0. The van der Waals surface area contributed by atoms with Gasteiger partial charge in [-0.2, -0.15) is 13.2 Å². The summed E-state index contributed by atoms with van der Waals surface area (Å²) in [4.78, 5) is 69.5. The Kier molecular flexibility index (Phi) is 11.0. The van der Waals surface area contributed by atoms with Crippen LogP contribution >= 0.6 is 22.9 Å². The molecule has 1 aromatic heterocycles. The van der Waals surface area contributed by atoms with Crippen LogP contribution in [-0.2, 0) is 29.2 Å². The van der Waals surface area contributed by atoms with Gasteiger partial charge in [0.1, 0.15) is 22.5 Å². The van der Waals surface area contributed by atoms with Crippen LogP contribution in [0.3, 0.4) is 0 Å². The summed E-state index contributed by atoms with van der Waals surface area (Å²) in [7, 11) is -3.96. The van der Waals surface area contributed by atoms with Gasteiger partial charge in [0.25, 0.3) is 11.8 Å².